The standard InChI is InChI=1S/C15H24N4OS/c1-18-11-13(10-17-18)14(20)16-12-15(4-2-3-5-15)19-6-8-21-9-7-19/h10-11H,2-9,12H2,1H3,(H,16,20). The zero-order valence-corrected chi connectivity index (χ0v) is 13.5. The van der Waals surface area contributed by atoms with E-state index in [4.69, 9.17) is 0 Å². The van der Waals surface area contributed by atoms with Gasteiger partial charge in [0, 0.05) is 49.9 Å². The first-order chi connectivity index (χ1) is 10.2. The Balaban J connectivity index is 1.64. The summed E-state index contributed by atoms with van der Waals surface area (Å²) in [6, 6.07) is 0. The van der Waals surface area contributed by atoms with E-state index >= 15 is 0 Å². The van der Waals surface area contributed by atoms with E-state index in [9.17, 15) is 4.79 Å². The topological polar surface area (TPSA) is 50.2 Å². The SMILES string of the molecule is Cn1cc(C(=O)NCC2(N3CCSCC3)CCCC2)cn1. The molecule has 2 aliphatic rings. The monoisotopic (exact) mass is 308 g/mol. The van der Waals surface area contributed by atoms with Gasteiger partial charge in [0.1, 0.15) is 0 Å². The third-order valence-corrected chi connectivity index (χ3v) is 5.70. The Morgan fingerprint density at radius 1 is 1.38 bits per heavy atom. The smallest absolute Gasteiger partial charge is 0.254 e. The van der Waals surface area contributed by atoms with Gasteiger partial charge in [-0.25, -0.2) is 0 Å². The molecule has 21 heavy (non-hydrogen) atoms. The number of carbonyl (C=O) groups is 1. The fraction of sp³-hybridized carbons (Fsp3) is 0.733. The van der Waals surface area contributed by atoms with Crippen molar-refractivity contribution in [2.24, 2.45) is 7.05 Å². The lowest BCUT2D eigenvalue weighted by Crippen LogP contribution is -2.56. The molecule has 1 aromatic rings. The fourth-order valence-electron chi connectivity index (χ4n) is 3.56. The number of hydrogen-bond donors (Lipinski definition) is 1. The van der Waals surface area contributed by atoms with Crippen LogP contribution in [0.4, 0.5) is 0 Å². The summed E-state index contributed by atoms with van der Waals surface area (Å²) in [6.45, 7) is 3.09. The first-order valence-corrected chi connectivity index (χ1v) is 8.95. The first kappa shape index (κ1) is 14.9. The van der Waals surface area contributed by atoms with Crippen LogP contribution in [0, 0.1) is 0 Å². The van der Waals surface area contributed by atoms with Crippen LogP contribution < -0.4 is 5.32 Å². The first-order valence-electron chi connectivity index (χ1n) is 7.79. The van der Waals surface area contributed by atoms with Crippen molar-refractivity contribution in [2.45, 2.75) is 31.2 Å². The van der Waals surface area contributed by atoms with Crippen molar-refractivity contribution < 1.29 is 4.79 Å². The van der Waals surface area contributed by atoms with Gasteiger partial charge in [0.05, 0.1) is 11.8 Å². The van der Waals surface area contributed by atoms with E-state index in [2.05, 4.69) is 15.3 Å². The van der Waals surface area contributed by atoms with E-state index in [-0.39, 0.29) is 11.4 Å². The molecule has 3 rings (SSSR count). The second-order valence-electron chi connectivity index (χ2n) is 6.12. The molecule has 5 nitrogen and oxygen atoms in total. The van der Waals surface area contributed by atoms with E-state index in [1.165, 1.54) is 37.2 Å². The number of nitrogens with zero attached hydrogens (tertiary/aromatic N) is 3. The van der Waals surface area contributed by atoms with Crippen molar-refractivity contribution in [1.82, 2.24) is 20.0 Å². The number of amides is 1. The van der Waals surface area contributed by atoms with Crippen LogP contribution in [0.25, 0.3) is 0 Å². The highest BCUT2D eigenvalue weighted by Crippen LogP contribution is 2.36. The van der Waals surface area contributed by atoms with Crippen molar-refractivity contribution in [2.75, 3.05) is 31.1 Å². The van der Waals surface area contributed by atoms with Crippen molar-refractivity contribution in [3.8, 4) is 0 Å². The molecule has 1 N–H and O–H groups in total. The number of hydrogen-bond acceptors (Lipinski definition) is 4. The molecule has 1 aliphatic carbocycles. The molecule has 2 heterocycles. The van der Waals surface area contributed by atoms with Crippen molar-refractivity contribution in [1.29, 1.82) is 0 Å². The van der Waals surface area contributed by atoms with Crippen molar-refractivity contribution in [3.63, 3.8) is 0 Å². The van der Waals surface area contributed by atoms with Crippen LogP contribution in [-0.2, 0) is 7.05 Å². The maximum atomic E-state index is 12.3. The number of aryl methyl sites for hydroxylation is 1. The van der Waals surface area contributed by atoms with E-state index in [0.29, 0.717) is 5.56 Å². The molecule has 0 bridgehead atoms. The maximum absolute atomic E-state index is 12.3. The highest BCUT2D eigenvalue weighted by atomic mass is 32.2. The Morgan fingerprint density at radius 2 is 2.10 bits per heavy atom. The van der Waals surface area contributed by atoms with Crippen LogP contribution in [-0.4, -0.2) is 57.3 Å². The number of thioether (sulfide) groups is 1. The van der Waals surface area contributed by atoms with E-state index in [1.54, 1.807) is 17.1 Å². The summed E-state index contributed by atoms with van der Waals surface area (Å²) in [5, 5.41) is 7.22. The summed E-state index contributed by atoms with van der Waals surface area (Å²) in [5.41, 5.74) is 0.846. The predicted octanol–water partition coefficient (Wildman–Crippen LogP) is 1.51. The molecule has 1 aliphatic heterocycles. The van der Waals surface area contributed by atoms with E-state index in [1.807, 2.05) is 18.8 Å². The van der Waals surface area contributed by atoms with Gasteiger partial charge >= 0.3 is 0 Å². The van der Waals surface area contributed by atoms with Gasteiger partial charge in [0.25, 0.3) is 5.91 Å². The van der Waals surface area contributed by atoms with Crippen molar-refractivity contribution >= 4 is 17.7 Å². The molecule has 2 fully saturated rings. The van der Waals surface area contributed by atoms with Crippen LogP contribution in [0.2, 0.25) is 0 Å². The van der Waals surface area contributed by atoms with Gasteiger partial charge in [-0.15, -0.1) is 0 Å². The number of rotatable bonds is 4. The zero-order valence-electron chi connectivity index (χ0n) is 12.7. The lowest BCUT2D eigenvalue weighted by atomic mass is 9.94. The third-order valence-electron chi connectivity index (χ3n) is 4.76. The van der Waals surface area contributed by atoms with Crippen LogP contribution in [0.3, 0.4) is 0 Å². The lowest BCUT2D eigenvalue weighted by molar-refractivity contribution is 0.0817. The van der Waals surface area contributed by atoms with Gasteiger partial charge in [0.15, 0.2) is 0 Å². The third kappa shape index (κ3) is 3.26. The molecular weight excluding hydrogens is 284 g/mol. The molecule has 0 spiro atoms. The van der Waals surface area contributed by atoms with Gasteiger partial charge in [0.2, 0.25) is 0 Å². The van der Waals surface area contributed by atoms with Gasteiger partial charge in [-0.2, -0.15) is 16.9 Å². The fourth-order valence-corrected chi connectivity index (χ4v) is 4.46. The minimum absolute atomic E-state index is 0.000703. The molecule has 1 aromatic heterocycles. The Kier molecular flexibility index (Phi) is 4.54. The Labute approximate surface area is 130 Å². The minimum Gasteiger partial charge on any atom is -0.350 e. The molecule has 6 heteroatoms. The average molecular weight is 308 g/mol. The highest BCUT2D eigenvalue weighted by molar-refractivity contribution is 7.99. The van der Waals surface area contributed by atoms with E-state index in [0.717, 1.165) is 19.6 Å². The molecule has 0 atom stereocenters. The summed E-state index contributed by atoms with van der Waals surface area (Å²) in [5.74, 6) is 2.44. The average Bonchev–Trinajstić information content (AvgIpc) is 3.16. The number of carbonyl (C=O) groups excluding carboxylic acids is 1. The summed E-state index contributed by atoms with van der Waals surface area (Å²) in [7, 11) is 1.83. The number of aromatic nitrogens is 2. The van der Waals surface area contributed by atoms with E-state index < -0.39 is 0 Å². The minimum atomic E-state index is 0.000703. The second kappa shape index (κ2) is 6.40. The molecule has 0 radical (unpaired) electrons. The quantitative estimate of drug-likeness (QED) is 0.916. The predicted molar refractivity (Wildman–Crippen MR) is 85.6 cm³/mol. The lowest BCUT2D eigenvalue weighted by Gasteiger charge is -2.43. The summed E-state index contributed by atoms with van der Waals surface area (Å²) >= 11 is 2.04. The molecule has 1 amide bonds. The molecular formula is C15H24N4OS. The molecule has 1 saturated carbocycles. The maximum Gasteiger partial charge on any atom is 0.254 e. The molecule has 0 unspecified atom stereocenters. The van der Waals surface area contributed by atoms with Crippen molar-refractivity contribution in [3.05, 3.63) is 18.0 Å². The van der Waals surface area contributed by atoms with Gasteiger partial charge in [-0.3, -0.25) is 14.4 Å². The molecule has 116 valence electrons. The number of nitrogens with one attached hydrogen (secondary N) is 1. The van der Waals surface area contributed by atoms with Gasteiger partial charge in [-0.05, 0) is 12.8 Å². The van der Waals surface area contributed by atoms with Crippen LogP contribution in [0.1, 0.15) is 36.0 Å². The van der Waals surface area contributed by atoms with Gasteiger partial charge in [-0.1, -0.05) is 12.8 Å². The normalized spacial score (nSPS) is 22.3. The summed E-state index contributed by atoms with van der Waals surface area (Å²) in [4.78, 5) is 14.9. The largest absolute Gasteiger partial charge is 0.350 e. The Bertz CT molecular complexity index is 490. The van der Waals surface area contributed by atoms with Crippen LogP contribution in [0.15, 0.2) is 12.4 Å². The summed E-state index contributed by atoms with van der Waals surface area (Å²) < 4.78 is 1.67. The van der Waals surface area contributed by atoms with Crippen LogP contribution >= 0.6 is 11.8 Å². The Hall–Kier alpha value is -1.01. The molecule has 1 saturated heterocycles. The van der Waals surface area contributed by atoms with Crippen LogP contribution in [0.5, 0.6) is 0 Å². The summed E-state index contributed by atoms with van der Waals surface area (Å²) in [6.07, 6.45) is 8.40. The second-order valence-corrected chi connectivity index (χ2v) is 7.34. The Morgan fingerprint density at radius 3 is 2.71 bits per heavy atom. The van der Waals surface area contributed by atoms with Gasteiger partial charge < -0.3 is 5.32 Å². The zero-order chi connectivity index (χ0) is 14.7. The highest BCUT2D eigenvalue weighted by Gasteiger charge is 2.40. The molecule has 0 aromatic carbocycles.